The van der Waals surface area contributed by atoms with E-state index in [1.54, 1.807) is 0 Å². The largest absolute Gasteiger partial charge is 0.342 e. The summed E-state index contributed by atoms with van der Waals surface area (Å²) in [7, 11) is 0. The van der Waals surface area contributed by atoms with Gasteiger partial charge >= 0.3 is 0 Å². The monoisotopic (exact) mass is 350 g/mol. The number of nitrogens with zero attached hydrogens (tertiary/aromatic N) is 2. The predicted octanol–water partition coefficient (Wildman–Crippen LogP) is 3.78. The third-order valence-corrected chi connectivity index (χ3v) is 8.17. The van der Waals surface area contributed by atoms with Gasteiger partial charge in [-0.3, -0.25) is 9.69 Å². The molecular formula is C20H34N2OS. The molecule has 136 valence electrons. The Morgan fingerprint density at radius 2 is 1.75 bits per heavy atom. The van der Waals surface area contributed by atoms with Gasteiger partial charge in [-0.15, -0.1) is 0 Å². The van der Waals surface area contributed by atoms with Gasteiger partial charge in [0.25, 0.3) is 0 Å². The fourth-order valence-corrected chi connectivity index (χ4v) is 6.73. The van der Waals surface area contributed by atoms with Crippen molar-refractivity contribution in [2.75, 3.05) is 37.7 Å². The van der Waals surface area contributed by atoms with Crippen molar-refractivity contribution in [2.45, 2.75) is 70.3 Å². The molecule has 1 amide bonds. The first kappa shape index (κ1) is 17.2. The third-order valence-electron chi connectivity index (χ3n) is 7.12. The highest BCUT2D eigenvalue weighted by atomic mass is 32.2. The molecule has 3 saturated heterocycles. The van der Waals surface area contributed by atoms with E-state index >= 15 is 0 Å². The topological polar surface area (TPSA) is 23.6 Å². The van der Waals surface area contributed by atoms with Crippen molar-refractivity contribution in [3.8, 4) is 0 Å². The van der Waals surface area contributed by atoms with Crippen molar-refractivity contribution in [1.29, 1.82) is 0 Å². The van der Waals surface area contributed by atoms with Crippen LogP contribution in [0.1, 0.15) is 64.2 Å². The van der Waals surface area contributed by atoms with Gasteiger partial charge in [-0.25, -0.2) is 0 Å². The second kappa shape index (κ2) is 7.57. The Morgan fingerprint density at radius 3 is 2.54 bits per heavy atom. The number of hydrogen-bond donors (Lipinski definition) is 0. The Hall–Kier alpha value is -0.220. The summed E-state index contributed by atoms with van der Waals surface area (Å²) in [6.07, 6.45) is 13.0. The van der Waals surface area contributed by atoms with Crippen molar-refractivity contribution in [3.63, 3.8) is 0 Å². The van der Waals surface area contributed by atoms with Crippen molar-refractivity contribution in [3.05, 3.63) is 0 Å². The van der Waals surface area contributed by atoms with Crippen molar-refractivity contribution < 1.29 is 4.79 Å². The quantitative estimate of drug-likeness (QED) is 0.774. The molecule has 1 unspecified atom stereocenters. The number of rotatable bonds is 3. The zero-order valence-corrected chi connectivity index (χ0v) is 16.0. The fourth-order valence-electron chi connectivity index (χ4n) is 5.65. The van der Waals surface area contributed by atoms with Crippen molar-refractivity contribution >= 4 is 17.7 Å². The molecule has 1 aliphatic carbocycles. The molecule has 3 aliphatic heterocycles. The Morgan fingerprint density at radius 1 is 0.958 bits per heavy atom. The van der Waals surface area contributed by atoms with Crippen LogP contribution in [0.4, 0.5) is 0 Å². The molecule has 1 saturated carbocycles. The zero-order chi connectivity index (χ0) is 16.4. The third kappa shape index (κ3) is 3.51. The first-order valence-corrected chi connectivity index (χ1v) is 11.5. The Kier molecular flexibility index (Phi) is 5.43. The summed E-state index contributed by atoms with van der Waals surface area (Å²) in [6.45, 7) is 4.30. The SMILES string of the molecule is O=C1N(CC2CCCCC2)CCCC12CCN(C1CCSCC1)C2. The van der Waals surface area contributed by atoms with Crippen molar-refractivity contribution in [1.82, 2.24) is 9.80 Å². The number of likely N-dealkylation sites (tertiary alicyclic amines) is 2. The number of piperidine rings is 1. The molecule has 3 heterocycles. The minimum absolute atomic E-state index is 0.0164. The second-order valence-electron chi connectivity index (χ2n) is 8.70. The summed E-state index contributed by atoms with van der Waals surface area (Å²) >= 11 is 2.10. The van der Waals surface area contributed by atoms with Crippen LogP contribution in [0.3, 0.4) is 0 Å². The first-order valence-electron chi connectivity index (χ1n) is 10.4. The summed E-state index contributed by atoms with van der Waals surface area (Å²) in [5, 5.41) is 0. The molecule has 4 heteroatoms. The molecule has 3 nitrogen and oxygen atoms in total. The van der Waals surface area contributed by atoms with Gasteiger partial charge in [0.15, 0.2) is 0 Å². The molecule has 4 fully saturated rings. The summed E-state index contributed by atoms with van der Waals surface area (Å²) in [5.41, 5.74) is -0.0164. The van der Waals surface area contributed by atoms with E-state index < -0.39 is 0 Å². The number of carbonyl (C=O) groups is 1. The van der Waals surface area contributed by atoms with Gasteiger partial charge in [-0.1, -0.05) is 19.3 Å². The Bertz CT molecular complexity index is 445. The minimum Gasteiger partial charge on any atom is -0.342 e. The maximum atomic E-state index is 13.3. The van der Waals surface area contributed by atoms with Gasteiger partial charge < -0.3 is 4.90 Å². The minimum atomic E-state index is -0.0164. The van der Waals surface area contributed by atoms with Crippen LogP contribution in [0, 0.1) is 11.3 Å². The van der Waals surface area contributed by atoms with E-state index in [0.717, 1.165) is 44.4 Å². The molecule has 0 N–H and O–H groups in total. The lowest BCUT2D eigenvalue weighted by molar-refractivity contribution is -0.146. The highest BCUT2D eigenvalue weighted by Gasteiger charge is 2.49. The van der Waals surface area contributed by atoms with Gasteiger partial charge in [0, 0.05) is 25.7 Å². The smallest absolute Gasteiger partial charge is 0.230 e. The normalized spacial score (nSPS) is 34.3. The van der Waals surface area contributed by atoms with E-state index in [-0.39, 0.29) is 5.41 Å². The zero-order valence-electron chi connectivity index (χ0n) is 15.2. The van der Waals surface area contributed by atoms with E-state index in [4.69, 9.17) is 0 Å². The lowest BCUT2D eigenvalue weighted by Gasteiger charge is -2.42. The molecule has 0 bridgehead atoms. The van der Waals surface area contributed by atoms with Crippen LogP contribution in [0.2, 0.25) is 0 Å². The molecule has 4 rings (SSSR count). The molecule has 1 spiro atoms. The molecule has 1 atom stereocenters. The predicted molar refractivity (Wildman–Crippen MR) is 101 cm³/mol. The average Bonchev–Trinajstić information content (AvgIpc) is 3.06. The van der Waals surface area contributed by atoms with Gasteiger partial charge in [-0.05, 0) is 68.9 Å². The van der Waals surface area contributed by atoms with Gasteiger partial charge in [0.2, 0.25) is 5.91 Å². The van der Waals surface area contributed by atoms with E-state index in [0.29, 0.717) is 5.91 Å². The van der Waals surface area contributed by atoms with Gasteiger partial charge in [-0.2, -0.15) is 11.8 Å². The number of amides is 1. The van der Waals surface area contributed by atoms with Gasteiger partial charge in [0.1, 0.15) is 0 Å². The highest BCUT2D eigenvalue weighted by molar-refractivity contribution is 7.99. The molecule has 0 radical (unpaired) electrons. The summed E-state index contributed by atoms with van der Waals surface area (Å²) in [4.78, 5) is 18.3. The number of hydrogen-bond acceptors (Lipinski definition) is 3. The summed E-state index contributed by atoms with van der Waals surface area (Å²) < 4.78 is 0. The highest BCUT2D eigenvalue weighted by Crippen LogP contribution is 2.42. The molecule has 0 aromatic heterocycles. The molecule has 4 aliphatic rings. The Labute approximate surface area is 151 Å². The lowest BCUT2D eigenvalue weighted by atomic mass is 9.77. The molecular weight excluding hydrogens is 316 g/mol. The average molecular weight is 351 g/mol. The van der Waals surface area contributed by atoms with Crippen LogP contribution < -0.4 is 0 Å². The van der Waals surface area contributed by atoms with E-state index in [1.165, 1.54) is 69.4 Å². The fraction of sp³-hybridized carbons (Fsp3) is 0.950. The van der Waals surface area contributed by atoms with Crippen molar-refractivity contribution in [2.24, 2.45) is 11.3 Å². The van der Waals surface area contributed by atoms with Crippen LogP contribution >= 0.6 is 11.8 Å². The van der Waals surface area contributed by atoms with E-state index in [9.17, 15) is 4.79 Å². The number of thioether (sulfide) groups is 1. The molecule has 24 heavy (non-hydrogen) atoms. The van der Waals surface area contributed by atoms with E-state index in [2.05, 4.69) is 21.6 Å². The van der Waals surface area contributed by atoms with Gasteiger partial charge in [0.05, 0.1) is 5.41 Å². The maximum Gasteiger partial charge on any atom is 0.230 e. The maximum absolute atomic E-state index is 13.3. The lowest BCUT2D eigenvalue weighted by Crippen LogP contribution is -2.52. The standard InChI is InChI=1S/C20H34N2OS/c23-19-20(10-12-22(16-20)18-7-13-24-14-8-18)9-4-11-21(19)15-17-5-2-1-3-6-17/h17-18H,1-16H2. The molecule has 0 aromatic carbocycles. The van der Waals surface area contributed by atoms with Crippen LogP contribution in [-0.2, 0) is 4.79 Å². The van der Waals surface area contributed by atoms with Crippen LogP contribution in [0.25, 0.3) is 0 Å². The van der Waals surface area contributed by atoms with Crippen LogP contribution in [0.5, 0.6) is 0 Å². The first-order chi connectivity index (χ1) is 11.8. The van der Waals surface area contributed by atoms with E-state index in [1.807, 2.05) is 0 Å². The summed E-state index contributed by atoms with van der Waals surface area (Å²) in [5.74, 6) is 3.93. The van der Waals surface area contributed by atoms with Crippen LogP contribution in [-0.4, -0.2) is 59.4 Å². The van der Waals surface area contributed by atoms with Crippen LogP contribution in [0.15, 0.2) is 0 Å². The second-order valence-corrected chi connectivity index (χ2v) is 9.93. The summed E-state index contributed by atoms with van der Waals surface area (Å²) in [6, 6.07) is 0.757. The Balaban J connectivity index is 1.38. The molecule has 0 aromatic rings. The number of carbonyl (C=O) groups excluding carboxylic acids is 1.